The Balaban J connectivity index is 1.75. The number of hydrogen-bond acceptors (Lipinski definition) is 2. The van der Waals surface area contributed by atoms with Gasteiger partial charge in [-0.25, -0.2) is 0 Å². The first-order valence-electron chi connectivity index (χ1n) is 11.1. The van der Waals surface area contributed by atoms with Crippen LogP contribution in [-0.4, -0.2) is 21.7 Å². The molecular weight excluding hydrogens is 393 g/mol. The van der Waals surface area contributed by atoms with Crippen molar-refractivity contribution in [3.8, 4) is 5.69 Å². The first-order valence-corrected chi connectivity index (χ1v) is 11.1. The molecule has 0 saturated heterocycles. The molecule has 1 heterocycles. The largest absolute Gasteiger partial charge is 0.488 e. The molecule has 2 aliphatic carbocycles. The lowest BCUT2D eigenvalue weighted by atomic mass is 9.79. The number of aromatic nitrogens is 1. The van der Waals surface area contributed by atoms with Crippen LogP contribution in [0, 0.1) is 0 Å². The molecule has 3 aromatic carbocycles. The maximum Gasteiger partial charge on any atom is 0.488 e. The minimum atomic E-state index is -1.49. The van der Waals surface area contributed by atoms with Gasteiger partial charge in [0, 0.05) is 21.9 Å². The summed E-state index contributed by atoms with van der Waals surface area (Å²) in [6.45, 7) is 4.61. The van der Waals surface area contributed by atoms with Crippen LogP contribution in [0.3, 0.4) is 0 Å². The monoisotopic (exact) mass is 417 g/mol. The molecule has 32 heavy (non-hydrogen) atoms. The van der Waals surface area contributed by atoms with Gasteiger partial charge in [-0.1, -0.05) is 68.5 Å². The van der Waals surface area contributed by atoms with E-state index in [4.69, 9.17) is 0 Å². The third-order valence-corrected chi connectivity index (χ3v) is 7.01. The Morgan fingerprint density at radius 1 is 0.844 bits per heavy atom. The van der Waals surface area contributed by atoms with E-state index in [-0.39, 0.29) is 5.41 Å². The van der Waals surface area contributed by atoms with Crippen molar-refractivity contribution in [2.24, 2.45) is 0 Å². The first-order chi connectivity index (χ1) is 15.5. The summed E-state index contributed by atoms with van der Waals surface area (Å²) in [5, 5.41) is 21.8. The molecule has 2 aliphatic rings. The SMILES string of the molecule is CC1(C)C2=C(C=CCC=C2)c2cc3c4cc(B(O)O)ccc4n(-c4ccccc4)c3cc21. The molecule has 0 saturated carbocycles. The summed E-state index contributed by atoms with van der Waals surface area (Å²) >= 11 is 0. The number of para-hydroxylation sites is 1. The average molecular weight is 417 g/mol. The van der Waals surface area contributed by atoms with Gasteiger partial charge in [-0.05, 0) is 64.5 Å². The molecule has 156 valence electrons. The van der Waals surface area contributed by atoms with Crippen LogP contribution in [0.2, 0.25) is 0 Å². The Kier molecular flexibility index (Phi) is 4.13. The van der Waals surface area contributed by atoms with E-state index in [2.05, 4.69) is 79.1 Å². The zero-order chi connectivity index (χ0) is 22.0. The summed E-state index contributed by atoms with van der Waals surface area (Å²) in [6, 6.07) is 20.7. The van der Waals surface area contributed by atoms with Crippen LogP contribution < -0.4 is 5.46 Å². The average Bonchev–Trinajstić information content (AvgIpc) is 3.05. The van der Waals surface area contributed by atoms with Gasteiger partial charge in [-0.2, -0.15) is 0 Å². The molecule has 0 aliphatic heterocycles. The van der Waals surface area contributed by atoms with Gasteiger partial charge in [-0.15, -0.1) is 0 Å². The normalized spacial score (nSPS) is 16.5. The zero-order valence-corrected chi connectivity index (χ0v) is 18.2. The van der Waals surface area contributed by atoms with E-state index in [1.54, 1.807) is 6.07 Å². The number of hydrogen-bond donors (Lipinski definition) is 2. The topological polar surface area (TPSA) is 45.4 Å². The second-order valence-corrected chi connectivity index (χ2v) is 9.23. The number of nitrogens with zero attached hydrogens (tertiary/aromatic N) is 1. The molecule has 0 spiro atoms. The van der Waals surface area contributed by atoms with Gasteiger partial charge >= 0.3 is 7.12 Å². The first kappa shape index (κ1) is 19.4. The van der Waals surface area contributed by atoms with E-state index in [9.17, 15) is 10.0 Å². The van der Waals surface area contributed by atoms with Gasteiger partial charge in [0.15, 0.2) is 0 Å². The van der Waals surface area contributed by atoms with Crippen LogP contribution in [0.4, 0.5) is 0 Å². The highest BCUT2D eigenvalue weighted by atomic mass is 16.4. The highest BCUT2D eigenvalue weighted by molar-refractivity contribution is 6.59. The summed E-state index contributed by atoms with van der Waals surface area (Å²) in [6.07, 6.45) is 9.95. The summed E-state index contributed by atoms with van der Waals surface area (Å²) in [4.78, 5) is 0. The van der Waals surface area contributed by atoms with Crippen LogP contribution >= 0.6 is 0 Å². The Bertz CT molecular complexity index is 1490. The molecule has 3 nitrogen and oxygen atoms in total. The van der Waals surface area contributed by atoms with Crippen molar-refractivity contribution >= 4 is 40.0 Å². The van der Waals surface area contributed by atoms with Crippen LogP contribution in [0.5, 0.6) is 0 Å². The molecule has 0 unspecified atom stereocenters. The van der Waals surface area contributed by atoms with Crippen molar-refractivity contribution in [3.63, 3.8) is 0 Å². The van der Waals surface area contributed by atoms with Crippen LogP contribution in [0.1, 0.15) is 31.4 Å². The molecule has 1 aromatic heterocycles. The van der Waals surface area contributed by atoms with Crippen molar-refractivity contribution < 1.29 is 10.0 Å². The smallest absolute Gasteiger partial charge is 0.423 e. The molecule has 4 aromatic rings. The van der Waals surface area contributed by atoms with E-state index in [1.165, 1.54) is 22.3 Å². The number of rotatable bonds is 2. The highest BCUT2D eigenvalue weighted by Gasteiger charge is 2.37. The molecule has 0 atom stereocenters. The van der Waals surface area contributed by atoms with Crippen molar-refractivity contribution in [1.29, 1.82) is 0 Å². The molecule has 0 radical (unpaired) electrons. The van der Waals surface area contributed by atoms with Gasteiger partial charge in [0.1, 0.15) is 0 Å². The van der Waals surface area contributed by atoms with E-state index in [0.717, 1.165) is 33.9 Å². The zero-order valence-electron chi connectivity index (χ0n) is 18.2. The second kappa shape index (κ2) is 6.83. The summed E-state index contributed by atoms with van der Waals surface area (Å²) in [7, 11) is -1.49. The van der Waals surface area contributed by atoms with Crippen molar-refractivity contribution in [1.82, 2.24) is 4.57 Å². The quantitative estimate of drug-likeness (QED) is 0.450. The highest BCUT2D eigenvalue weighted by Crippen LogP contribution is 2.50. The lowest BCUT2D eigenvalue weighted by Gasteiger charge is -2.23. The minimum absolute atomic E-state index is 0.0888. The maximum absolute atomic E-state index is 9.81. The summed E-state index contributed by atoms with van der Waals surface area (Å²) in [5.41, 5.74) is 8.94. The number of allylic oxidation sites excluding steroid dienone is 6. The summed E-state index contributed by atoms with van der Waals surface area (Å²) < 4.78 is 2.28. The van der Waals surface area contributed by atoms with Crippen molar-refractivity contribution in [2.45, 2.75) is 25.7 Å². The van der Waals surface area contributed by atoms with Gasteiger partial charge in [0.2, 0.25) is 0 Å². The van der Waals surface area contributed by atoms with E-state index < -0.39 is 7.12 Å². The standard InChI is InChI=1S/C28H24BNO2/c1-28(2)24-12-8-4-7-11-20(24)21-16-23-22-15-18(29(31)32)13-14-26(22)30(27(23)17-25(21)28)19-9-5-3-6-10-19/h3,5-17,31-32H,4H2,1-2H3. The van der Waals surface area contributed by atoms with E-state index >= 15 is 0 Å². The molecule has 0 amide bonds. The minimum Gasteiger partial charge on any atom is -0.423 e. The van der Waals surface area contributed by atoms with Crippen LogP contribution in [0.25, 0.3) is 33.1 Å². The number of benzene rings is 3. The lowest BCUT2D eigenvalue weighted by Crippen LogP contribution is -2.29. The third kappa shape index (κ3) is 2.63. The van der Waals surface area contributed by atoms with Gasteiger partial charge in [-0.3, -0.25) is 0 Å². The van der Waals surface area contributed by atoms with Gasteiger partial charge in [0.05, 0.1) is 11.0 Å². The Labute approximate surface area is 187 Å². The van der Waals surface area contributed by atoms with E-state index in [1.807, 2.05) is 18.2 Å². The van der Waals surface area contributed by atoms with Gasteiger partial charge < -0.3 is 14.6 Å². The van der Waals surface area contributed by atoms with Crippen LogP contribution in [-0.2, 0) is 5.41 Å². The maximum atomic E-state index is 9.81. The fourth-order valence-corrected chi connectivity index (χ4v) is 5.39. The fourth-order valence-electron chi connectivity index (χ4n) is 5.39. The fraction of sp³-hybridized carbons (Fsp3) is 0.143. The molecule has 0 fully saturated rings. The lowest BCUT2D eigenvalue weighted by molar-refractivity contribution is 0.426. The van der Waals surface area contributed by atoms with Crippen LogP contribution in [0.15, 0.2) is 90.5 Å². The predicted octanol–water partition coefficient (Wildman–Crippen LogP) is 5.02. The second-order valence-electron chi connectivity index (χ2n) is 9.23. The van der Waals surface area contributed by atoms with Crippen molar-refractivity contribution in [2.75, 3.05) is 0 Å². The Morgan fingerprint density at radius 3 is 2.38 bits per heavy atom. The molecule has 6 rings (SSSR count). The Morgan fingerprint density at radius 2 is 1.59 bits per heavy atom. The molecular formula is C28H24BNO2. The summed E-state index contributed by atoms with van der Waals surface area (Å²) in [5.74, 6) is 0. The molecule has 4 heteroatoms. The third-order valence-electron chi connectivity index (χ3n) is 7.01. The van der Waals surface area contributed by atoms with Gasteiger partial charge in [0.25, 0.3) is 0 Å². The van der Waals surface area contributed by atoms with E-state index in [0.29, 0.717) is 5.46 Å². The molecule has 2 N–H and O–H groups in total. The van der Waals surface area contributed by atoms with Crippen molar-refractivity contribution in [3.05, 3.63) is 102 Å². The molecule has 0 bridgehead atoms. The number of fused-ring (bicyclic) bond motifs is 5. The predicted molar refractivity (Wildman–Crippen MR) is 133 cm³/mol. The Hall–Kier alpha value is -3.34.